The van der Waals surface area contributed by atoms with Gasteiger partial charge in [0.25, 0.3) is 0 Å². The second-order valence-corrected chi connectivity index (χ2v) is 13.9. The predicted molar refractivity (Wildman–Crippen MR) is 187 cm³/mol. The summed E-state index contributed by atoms with van der Waals surface area (Å²) >= 11 is 0. The van der Waals surface area contributed by atoms with Gasteiger partial charge in [0.2, 0.25) is 13.6 Å². The van der Waals surface area contributed by atoms with Crippen LogP contribution in [0.5, 0.6) is 11.5 Å². The lowest BCUT2D eigenvalue weighted by atomic mass is 9.67. The Labute approximate surface area is 294 Å². The molecule has 0 bridgehead atoms. The minimum Gasteiger partial charge on any atom is -0.458 e. The van der Waals surface area contributed by atoms with Crippen LogP contribution >= 0.6 is 0 Å². The molecular weight excluding hydrogens is 649 g/mol. The molecule has 3 aliphatic carbocycles. The van der Waals surface area contributed by atoms with Crippen LogP contribution in [0.1, 0.15) is 95.5 Å². The maximum Gasteiger partial charge on any atom is 0.389 e. The van der Waals surface area contributed by atoms with Crippen molar-refractivity contribution in [2.24, 2.45) is 23.7 Å². The lowest BCUT2D eigenvalue weighted by molar-refractivity contribution is -0.145. The zero-order chi connectivity index (χ0) is 36.1. The van der Waals surface area contributed by atoms with E-state index >= 15 is 0 Å². The number of allylic oxidation sites excluding steroid dienone is 4. The van der Waals surface area contributed by atoms with Crippen molar-refractivity contribution in [2.45, 2.75) is 96.1 Å². The highest BCUT2D eigenvalue weighted by Crippen LogP contribution is 2.45. The van der Waals surface area contributed by atoms with Crippen LogP contribution in [-0.4, -0.2) is 49.2 Å². The fraction of sp³-hybridized carbons (Fsp3) is 0.575. The molecule has 0 aromatic heterocycles. The summed E-state index contributed by atoms with van der Waals surface area (Å²) in [5.41, 5.74) is 3.79. The first-order valence-corrected chi connectivity index (χ1v) is 17.9. The SMILES string of the molecule is C=C(CO)C(=C)OCOc1cc(OCOC(=O)C(=C)CO)cc(C2=CC=C(C3CCC(C4CCC(CCCCC(F)(F)F)CC4)CC3)CC2)c1. The molecule has 276 valence electrons. The Morgan fingerprint density at radius 3 is 1.92 bits per heavy atom. The standard InChI is InChI=1S/C40H53F3O7/c1-27(23-44)29(3)47-25-48-37-20-36(21-38(22-37)49-26-50-39(46)28(2)24-45)35-17-15-34(16-18-35)33-13-11-32(12-14-33)31-9-7-30(8-10-31)6-4-5-19-40(41,42)43/h15,17,20-22,30-33,44-45H,1-14,16,18-19,23-26H2. The Hall–Kier alpha value is -3.50. The van der Waals surface area contributed by atoms with Crippen LogP contribution in [0.3, 0.4) is 0 Å². The molecule has 0 saturated heterocycles. The zero-order valence-electron chi connectivity index (χ0n) is 29.1. The van der Waals surface area contributed by atoms with Gasteiger partial charge in [-0.3, -0.25) is 0 Å². The Morgan fingerprint density at radius 2 is 1.36 bits per heavy atom. The molecule has 2 fully saturated rings. The van der Waals surface area contributed by atoms with Crippen molar-refractivity contribution in [3.8, 4) is 11.5 Å². The number of hydrogen-bond donors (Lipinski definition) is 2. The fourth-order valence-corrected chi connectivity index (χ4v) is 7.50. The van der Waals surface area contributed by atoms with Crippen LogP contribution in [-0.2, 0) is 14.3 Å². The van der Waals surface area contributed by atoms with Crippen LogP contribution in [0.4, 0.5) is 13.2 Å². The van der Waals surface area contributed by atoms with Crippen molar-refractivity contribution in [1.82, 2.24) is 0 Å². The first-order chi connectivity index (χ1) is 24.0. The van der Waals surface area contributed by atoms with Crippen molar-refractivity contribution in [3.63, 3.8) is 0 Å². The van der Waals surface area contributed by atoms with Crippen molar-refractivity contribution in [3.05, 3.63) is 78.1 Å². The van der Waals surface area contributed by atoms with Crippen molar-refractivity contribution < 1.29 is 47.1 Å². The Morgan fingerprint density at radius 1 is 0.760 bits per heavy atom. The van der Waals surface area contributed by atoms with Gasteiger partial charge >= 0.3 is 12.1 Å². The van der Waals surface area contributed by atoms with Crippen molar-refractivity contribution >= 4 is 11.5 Å². The summed E-state index contributed by atoms with van der Waals surface area (Å²) in [6.07, 6.45) is 13.1. The van der Waals surface area contributed by atoms with Gasteiger partial charge in [0.15, 0.2) is 0 Å². The monoisotopic (exact) mass is 702 g/mol. The van der Waals surface area contributed by atoms with Gasteiger partial charge in [0.05, 0.1) is 18.8 Å². The van der Waals surface area contributed by atoms with Crippen LogP contribution in [0.15, 0.2) is 72.6 Å². The fourth-order valence-electron chi connectivity index (χ4n) is 7.50. The largest absolute Gasteiger partial charge is 0.458 e. The Kier molecular flexibility index (Phi) is 15.1. The average Bonchev–Trinajstić information content (AvgIpc) is 3.12. The molecule has 7 nitrogen and oxygen atoms in total. The van der Waals surface area contributed by atoms with Crippen molar-refractivity contribution in [2.75, 3.05) is 26.8 Å². The molecule has 0 heterocycles. The van der Waals surface area contributed by atoms with Gasteiger partial charge in [-0.1, -0.05) is 63.1 Å². The van der Waals surface area contributed by atoms with E-state index in [2.05, 4.69) is 31.9 Å². The number of carbonyl (C=O) groups is 1. The minimum absolute atomic E-state index is 0.0714. The number of rotatable bonds is 18. The first kappa shape index (κ1) is 39.3. The van der Waals surface area contributed by atoms with Gasteiger partial charge in [0, 0.05) is 18.1 Å². The smallest absolute Gasteiger partial charge is 0.389 e. The highest BCUT2D eigenvalue weighted by atomic mass is 19.4. The third-order valence-electron chi connectivity index (χ3n) is 10.5. The van der Waals surface area contributed by atoms with E-state index < -0.39 is 25.2 Å². The molecular formula is C40H53F3O7. The lowest BCUT2D eigenvalue weighted by Crippen LogP contribution is -2.26. The highest BCUT2D eigenvalue weighted by molar-refractivity contribution is 5.87. The third-order valence-corrected chi connectivity index (χ3v) is 10.5. The quantitative estimate of drug-likeness (QED) is 0.0393. The number of halogens is 3. The van der Waals surface area contributed by atoms with Gasteiger partial charge in [-0.15, -0.1) is 0 Å². The minimum atomic E-state index is -4.03. The van der Waals surface area contributed by atoms with Gasteiger partial charge in [-0.2, -0.15) is 13.2 Å². The van der Waals surface area contributed by atoms with Crippen molar-refractivity contribution in [1.29, 1.82) is 0 Å². The third kappa shape index (κ3) is 12.4. The number of unbranched alkanes of at least 4 members (excludes halogenated alkanes) is 1. The van der Waals surface area contributed by atoms with E-state index in [9.17, 15) is 23.1 Å². The highest BCUT2D eigenvalue weighted by Gasteiger charge is 2.32. The Bertz CT molecular complexity index is 1330. The molecule has 4 rings (SSSR count). The average molecular weight is 703 g/mol. The normalized spacial score (nSPS) is 22.5. The van der Waals surface area contributed by atoms with Crippen LogP contribution in [0.25, 0.3) is 5.57 Å². The first-order valence-electron chi connectivity index (χ1n) is 17.9. The van der Waals surface area contributed by atoms with Gasteiger partial charge in [-0.25, -0.2) is 4.79 Å². The lowest BCUT2D eigenvalue weighted by Gasteiger charge is -2.38. The maximum atomic E-state index is 12.5. The number of hydrogen-bond acceptors (Lipinski definition) is 7. The summed E-state index contributed by atoms with van der Waals surface area (Å²) in [5.74, 6) is 3.07. The van der Waals surface area contributed by atoms with E-state index in [1.165, 1.54) is 56.9 Å². The molecule has 0 amide bonds. The van der Waals surface area contributed by atoms with Crippen LogP contribution < -0.4 is 9.47 Å². The van der Waals surface area contributed by atoms with E-state index in [0.29, 0.717) is 35.3 Å². The molecule has 0 atom stereocenters. The second kappa shape index (κ2) is 19.2. The number of alkyl halides is 3. The van der Waals surface area contributed by atoms with Gasteiger partial charge in [-0.05, 0) is 105 Å². The summed E-state index contributed by atoms with van der Waals surface area (Å²) in [7, 11) is 0. The summed E-state index contributed by atoms with van der Waals surface area (Å²) < 4.78 is 59.4. The molecule has 0 radical (unpaired) electrons. The van der Waals surface area contributed by atoms with Gasteiger partial charge in [0.1, 0.15) is 17.3 Å². The number of aliphatic hydroxyl groups excluding tert-OH is 2. The molecule has 2 saturated carbocycles. The van der Waals surface area contributed by atoms with E-state index in [-0.39, 0.29) is 37.9 Å². The number of benzene rings is 1. The maximum absolute atomic E-state index is 12.5. The molecule has 10 heteroatoms. The van der Waals surface area contributed by atoms with Crippen LogP contribution in [0, 0.1) is 23.7 Å². The molecule has 2 N–H and O–H groups in total. The van der Waals surface area contributed by atoms with E-state index in [0.717, 1.165) is 42.2 Å². The summed E-state index contributed by atoms with van der Waals surface area (Å²) in [6, 6.07) is 5.41. The molecule has 0 spiro atoms. The van der Waals surface area contributed by atoms with Crippen LogP contribution in [0.2, 0.25) is 0 Å². The molecule has 3 aliphatic rings. The molecule has 1 aromatic rings. The molecule has 0 unspecified atom stereocenters. The topological polar surface area (TPSA) is 94.5 Å². The summed E-state index contributed by atoms with van der Waals surface area (Å²) in [6.45, 7) is 9.56. The molecule has 1 aromatic carbocycles. The molecule has 0 aliphatic heterocycles. The summed E-state index contributed by atoms with van der Waals surface area (Å²) in [5, 5.41) is 18.3. The number of esters is 1. The second-order valence-electron chi connectivity index (χ2n) is 13.9. The zero-order valence-corrected chi connectivity index (χ0v) is 29.1. The van der Waals surface area contributed by atoms with E-state index in [1.807, 2.05) is 12.1 Å². The number of aliphatic hydroxyl groups is 2. The summed E-state index contributed by atoms with van der Waals surface area (Å²) in [4.78, 5) is 11.9. The van der Waals surface area contributed by atoms with Gasteiger partial charge < -0.3 is 29.2 Å². The van der Waals surface area contributed by atoms with E-state index in [4.69, 9.17) is 24.1 Å². The number of ether oxygens (including phenoxy) is 4. The Balaban J connectivity index is 1.30. The van der Waals surface area contributed by atoms with E-state index in [1.54, 1.807) is 6.07 Å². The number of carbonyl (C=O) groups excluding carboxylic acids is 1. The predicted octanol–water partition coefficient (Wildman–Crippen LogP) is 9.37. The molecule has 50 heavy (non-hydrogen) atoms.